The summed E-state index contributed by atoms with van der Waals surface area (Å²) in [7, 11) is -5.21. The molecule has 1 unspecified atom stereocenters. The van der Waals surface area contributed by atoms with Crippen LogP contribution in [0.1, 0.15) is 6.23 Å². The van der Waals surface area contributed by atoms with Gasteiger partial charge in [0.1, 0.15) is 36.7 Å². The molecule has 0 radical (unpaired) electrons. The minimum Gasteiger partial charge on any atom is -0.746 e. The van der Waals surface area contributed by atoms with E-state index in [2.05, 4.69) is 24.0 Å². The van der Waals surface area contributed by atoms with Gasteiger partial charge in [-0.3, -0.25) is 18.7 Å². The third-order valence-electron chi connectivity index (χ3n) is 4.38. The lowest BCUT2D eigenvalue weighted by Gasteiger charge is -2.24. The maximum absolute atomic E-state index is 11.9. The first-order chi connectivity index (χ1) is 15.6. The summed E-state index contributed by atoms with van der Waals surface area (Å²) in [6.45, 7) is -2.04. The Morgan fingerprint density at radius 1 is 1.30 bits per heavy atom. The zero-order valence-corrected chi connectivity index (χ0v) is 17.5. The Hall–Kier alpha value is -3.21. The Morgan fingerprint density at radius 2 is 2.06 bits per heavy atom. The van der Waals surface area contributed by atoms with Gasteiger partial charge in [0, 0.05) is 0 Å². The monoisotopic (exact) mass is 488 g/mol. The quantitative estimate of drug-likeness (QED) is 0.157. The number of nitrogen functional groups attached to an aromatic ring is 1. The molecule has 1 saturated heterocycles. The Balaban J connectivity index is 1.55. The largest absolute Gasteiger partial charge is 0.746 e. The molecule has 0 spiro atoms. The normalized spacial score (nSPS) is 24.2. The molecule has 2 aromatic heterocycles. The van der Waals surface area contributed by atoms with Crippen molar-refractivity contribution in [2.75, 3.05) is 25.4 Å². The van der Waals surface area contributed by atoms with Crippen molar-refractivity contribution >= 4 is 43.1 Å². The number of anilines is 1. The summed E-state index contributed by atoms with van der Waals surface area (Å²) < 4.78 is 27.4. The highest BCUT2D eigenvalue weighted by atomic mass is 31.2. The van der Waals surface area contributed by atoms with E-state index in [9.17, 15) is 34.1 Å². The minimum absolute atomic E-state index is 0.0805. The van der Waals surface area contributed by atoms with Gasteiger partial charge in [0.15, 0.2) is 17.7 Å². The van der Waals surface area contributed by atoms with E-state index >= 15 is 0 Å². The molecule has 2 amide bonds. The van der Waals surface area contributed by atoms with Gasteiger partial charge in [0.05, 0.1) is 19.5 Å². The number of nitrogens with two attached hydrogens (primary N) is 1. The molecule has 2 aromatic rings. The highest BCUT2D eigenvalue weighted by molar-refractivity contribution is 7.46. The van der Waals surface area contributed by atoms with E-state index in [4.69, 9.17) is 10.5 Å². The van der Waals surface area contributed by atoms with Gasteiger partial charge in [-0.15, -0.1) is 0 Å². The number of ether oxygens (including phenoxy) is 1. The average Bonchev–Trinajstić information content (AvgIpc) is 3.31. The standard InChI is InChI=1S/C15H20N7O10P/c16-13-10-14(20-4-19-13)22(5-21-10)15-12(27)11(26)7(31-15)3-30-33(28,29)32-9(25)2-18-8(24)1-17-6-23/h4-7,11-12,15,26-27H,1-3H2,(H,17,23)(H,18,24)(H,28,29)(H2,16,19,20)/p-1/t7-,11-,12-,15-/m1/s1. The second kappa shape index (κ2) is 10.2. The van der Waals surface area contributed by atoms with E-state index in [1.165, 1.54) is 10.9 Å². The van der Waals surface area contributed by atoms with Gasteiger partial charge >= 0.3 is 13.8 Å². The fourth-order valence-electron chi connectivity index (χ4n) is 2.87. The SMILES string of the molecule is Nc1ncnc2c1ncn2[C@@H]1O[C@H](COP(=O)([O-])OC(=O)CNC(=O)CNC=O)[C@@H](O)[C@H]1O. The first-order valence-corrected chi connectivity index (χ1v) is 10.7. The van der Waals surface area contributed by atoms with E-state index < -0.39 is 63.9 Å². The van der Waals surface area contributed by atoms with Crippen LogP contribution in [0.3, 0.4) is 0 Å². The second-order valence-corrected chi connectivity index (χ2v) is 7.95. The van der Waals surface area contributed by atoms with Crippen molar-refractivity contribution in [3.05, 3.63) is 12.7 Å². The number of rotatable bonds is 10. The molecule has 0 saturated carbocycles. The number of fused-ring (bicyclic) bond motifs is 1. The van der Waals surface area contributed by atoms with Gasteiger partial charge < -0.3 is 45.3 Å². The van der Waals surface area contributed by atoms with Crippen molar-refractivity contribution in [2.24, 2.45) is 0 Å². The molecular formula is C15H19N7O10P-. The van der Waals surface area contributed by atoms with E-state index in [0.29, 0.717) is 0 Å². The van der Waals surface area contributed by atoms with Crippen LogP contribution in [0.2, 0.25) is 0 Å². The number of hydrogen-bond donors (Lipinski definition) is 5. The molecule has 1 aliphatic rings. The van der Waals surface area contributed by atoms with Gasteiger partial charge in [-0.05, 0) is 0 Å². The summed E-state index contributed by atoms with van der Waals surface area (Å²) >= 11 is 0. The molecule has 33 heavy (non-hydrogen) atoms. The number of aromatic nitrogens is 4. The lowest BCUT2D eigenvalue weighted by atomic mass is 10.1. The Morgan fingerprint density at radius 3 is 2.79 bits per heavy atom. The zero-order chi connectivity index (χ0) is 24.2. The van der Waals surface area contributed by atoms with E-state index in [0.717, 1.165) is 6.33 Å². The van der Waals surface area contributed by atoms with Crippen LogP contribution in [0.25, 0.3) is 11.2 Å². The summed E-state index contributed by atoms with van der Waals surface area (Å²) in [4.78, 5) is 56.6. The fourth-order valence-corrected chi connectivity index (χ4v) is 3.56. The smallest absolute Gasteiger partial charge is 0.331 e. The van der Waals surface area contributed by atoms with Crippen LogP contribution in [-0.4, -0.2) is 86.0 Å². The van der Waals surface area contributed by atoms with Crippen molar-refractivity contribution in [1.82, 2.24) is 30.2 Å². The molecule has 18 heteroatoms. The molecule has 0 aliphatic carbocycles. The third kappa shape index (κ3) is 5.78. The molecule has 17 nitrogen and oxygen atoms in total. The predicted octanol–water partition coefficient (Wildman–Crippen LogP) is -4.08. The van der Waals surface area contributed by atoms with Crippen LogP contribution in [0, 0.1) is 0 Å². The topological polar surface area (TPSA) is 253 Å². The Kier molecular flexibility index (Phi) is 7.52. The number of aliphatic hydroxyl groups is 2. The molecule has 180 valence electrons. The van der Waals surface area contributed by atoms with Crippen molar-refractivity contribution in [3.8, 4) is 0 Å². The van der Waals surface area contributed by atoms with E-state index in [-0.39, 0.29) is 23.4 Å². The minimum atomic E-state index is -5.21. The van der Waals surface area contributed by atoms with Gasteiger partial charge in [0.2, 0.25) is 12.3 Å². The van der Waals surface area contributed by atoms with Crippen molar-refractivity contribution in [2.45, 2.75) is 24.5 Å². The third-order valence-corrected chi connectivity index (χ3v) is 5.28. The summed E-state index contributed by atoms with van der Waals surface area (Å²) in [6.07, 6.45) is -2.97. The number of carbonyl (C=O) groups is 3. The van der Waals surface area contributed by atoms with Gasteiger partial charge in [-0.1, -0.05) is 0 Å². The highest BCUT2D eigenvalue weighted by Gasteiger charge is 2.45. The maximum Gasteiger partial charge on any atom is 0.331 e. The molecule has 3 heterocycles. The Bertz CT molecular complexity index is 1080. The molecule has 5 atom stereocenters. The zero-order valence-electron chi connectivity index (χ0n) is 16.6. The fraction of sp³-hybridized carbons (Fsp3) is 0.467. The van der Waals surface area contributed by atoms with Crippen LogP contribution in [0.4, 0.5) is 5.82 Å². The number of phosphoric ester groups is 1. The number of hydrogen-bond acceptors (Lipinski definition) is 14. The number of nitrogens with zero attached hydrogens (tertiary/aromatic N) is 4. The molecule has 1 aliphatic heterocycles. The molecule has 0 bridgehead atoms. The number of amides is 2. The molecule has 1 fully saturated rings. The van der Waals surface area contributed by atoms with Crippen LogP contribution in [0.15, 0.2) is 12.7 Å². The summed E-state index contributed by atoms with van der Waals surface area (Å²) in [5.41, 5.74) is 6.14. The number of imidazole rings is 1. The number of phosphoric acid groups is 1. The lowest BCUT2D eigenvalue weighted by molar-refractivity contribution is -0.227. The Labute approximate surface area is 184 Å². The first kappa shape index (κ1) is 24.4. The number of carbonyl (C=O) groups excluding carboxylic acids is 3. The molecule has 6 N–H and O–H groups in total. The van der Waals surface area contributed by atoms with Crippen molar-refractivity contribution < 1.29 is 47.8 Å². The van der Waals surface area contributed by atoms with Gasteiger partial charge in [-0.25, -0.2) is 19.7 Å². The summed E-state index contributed by atoms with van der Waals surface area (Å²) in [6, 6.07) is 0. The predicted molar refractivity (Wildman–Crippen MR) is 102 cm³/mol. The lowest BCUT2D eigenvalue weighted by Crippen LogP contribution is -2.37. The number of nitrogens with one attached hydrogen (secondary N) is 2. The van der Waals surface area contributed by atoms with Gasteiger partial charge in [0.25, 0.3) is 0 Å². The van der Waals surface area contributed by atoms with Gasteiger partial charge in [-0.2, -0.15) is 0 Å². The van der Waals surface area contributed by atoms with Crippen molar-refractivity contribution in [3.63, 3.8) is 0 Å². The number of aliphatic hydroxyl groups excluding tert-OH is 2. The molecule has 3 rings (SSSR count). The highest BCUT2D eigenvalue weighted by Crippen LogP contribution is 2.40. The second-order valence-electron chi connectivity index (χ2n) is 6.61. The summed E-state index contributed by atoms with van der Waals surface area (Å²) in [5.74, 6) is -2.04. The maximum atomic E-state index is 11.9. The first-order valence-electron chi connectivity index (χ1n) is 9.19. The van der Waals surface area contributed by atoms with E-state index in [1.807, 2.05) is 10.6 Å². The summed E-state index contributed by atoms with van der Waals surface area (Å²) in [5, 5.41) is 24.6. The average molecular weight is 488 g/mol. The van der Waals surface area contributed by atoms with Crippen LogP contribution in [0.5, 0.6) is 0 Å². The van der Waals surface area contributed by atoms with Crippen LogP contribution < -0.4 is 21.3 Å². The molecular weight excluding hydrogens is 469 g/mol. The molecule has 0 aromatic carbocycles. The van der Waals surface area contributed by atoms with Crippen molar-refractivity contribution in [1.29, 1.82) is 0 Å². The van der Waals surface area contributed by atoms with Crippen LogP contribution in [-0.2, 0) is 32.7 Å². The van der Waals surface area contributed by atoms with Crippen LogP contribution >= 0.6 is 7.82 Å². The van der Waals surface area contributed by atoms with E-state index in [1.54, 1.807) is 0 Å².